The number of anilines is 1. The molecule has 1 heterocycles. The number of carbonyl (C=O) groups is 1. The number of benzene rings is 2. The maximum absolute atomic E-state index is 12.4. The fourth-order valence-corrected chi connectivity index (χ4v) is 4.43. The van der Waals surface area contributed by atoms with Crippen LogP contribution >= 0.6 is 22.9 Å². The Morgan fingerprint density at radius 3 is 2.62 bits per heavy atom. The molecule has 3 aromatic rings. The molecular weight excluding hydrogens is 398 g/mol. The summed E-state index contributed by atoms with van der Waals surface area (Å²) in [4.78, 5) is 16.2. The zero-order valence-corrected chi connectivity index (χ0v) is 15.7. The molecule has 0 aliphatic carbocycles. The minimum Gasteiger partial charge on any atom is -0.395 e. The van der Waals surface area contributed by atoms with E-state index in [1.807, 2.05) is 0 Å². The molecule has 0 atom stereocenters. The molecule has 0 aliphatic heterocycles. The van der Waals surface area contributed by atoms with E-state index in [-0.39, 0.29) is 29.1 Å². The van der Waals surface area contributed by atoms with Crippen LogP contribution in [0.2, 0.25) is 5.02 Å². The molecule has 3 N–H and O–H groups in total. The average Bonchev–Trinajstić information content (AvgIpc) is 3.00. The van der Waals surface area contributed by atoms with Gasteiger partial charge in [0, 0.05) is 17.1 Å². The molecule has 1 amide bonds. The average molecular weight is 412 g/mol. The number of nitrogens with one attached hydrogen (secondary N) is 2. The summed E-state index contributed by atoms with van der Waals surface area (Å²) in [5.41, 5.74) is 0.976. The summed E-state index contributed by atoms with van der Waals surface area (Å²) in [5.74, 6) is -0.322. The van der Waals surface area contributed by atoms with Gasteiger partial charge in [0.05, 0.1) is 21.7 Å². The first-order valence-electron chi connectivity index (χ1n) is 7.47. The number of halogens is 1. The summed E-state index contributed by atoms with van der Waals surface area (Å²) in [6.45, 7) is 0.0108. The molecule has 0 spiro atoms. The first-order valence-corrected chi connectivity index (χ1v) is 10.1. The molecule has 0 saturated carbocycles. The third kappa shape index (κ3) is 4.13. The van der Waals surface area contributed by atoms with Crippen LogP contribution in [0.4, 0.5) is 5.13 Å². The van der Waals surface area contributed by atoms with Gasteiger partial charge in [-0.15, -0.1) is 0 Å². The zero-order chi connectivity index (χ0) is 18.7. The number of aliphatic hydroxyl groups is 1. The molecule has 26 heavy (non-hydrogen) atoms. The molecule has 7 nitrogen and oxygen atoms in total. The molecule has 0 unspecified atom stereocenters. The third-order valence-electron chi connectivity index (χ3n) is 3.39. The van der Waals surface area contributed by atoms with Gasteiger partial charge < -0.3 is 10.4 Å². The van der Waals surface area contributed by atoms with Crippen molar-refractivity contribution >= 4 is 54.2 Å². The van der Waals surface area contributed by atoms with E-state index < -0.39 is 10.0 Å². The van der Waals surface area contributed by atoms with E-state index in [1.165, 1.54) is 24.3 Å². The first-order chi connectivity index (χ1) is 12.4. The molecule has 2 aromatic carbocycles. The Kier molecular flexibility index (Phi) is 5.42. The Morgan fingerprint density at radius 2 is 1.92 bits per heavy atom. The van der Waals surface area contributed by atoms with Crippen LogP contribution in [0.25, 0.3) is 10.2 Å². The molecule has 0 saturated heterocycles. The van der Waals surface area contributed by atoms with Crippen molar-refractivity contribution in [1.29, 1.82) is 0 Å². The van der Waals surface area contributed by atoms with E-state index in [0.717, 1.165) is 11.3 Å². The van der Waals surface area contributed by atoms with Crippen LogP contribution in [0, 0.1) is 0 Å². The number of carbonyl (C=O) groups excluding carboxylic acids is 1. The van der Waals surface area contributed by atoms with Gasteiger partial charge in [-0.25, -0.2) is 13.4 Å². The number of aliphatic hydroxyl groups excluding tert-OH is 1. The summed E-state index contributed by atoms with van der Waals surface area (Å²) in [6, 6.07) is 10.6. The van der Waals surface area contributed by atoms with E-state index in [0.29, 0.717) is 20.8 Å². The van der Waals surface area contributed by atoms with Gasteiger partial charge in [-0.3, -0.25) is 9.52 Å². The highest BCUT2D eigenvalue weighted by molar-refractivity contribution is 7.93. The number of nitrogens with zero attached hydrogens (tertiary/aromatic N) is 1. The molecule has 0 aliphatic rings. The van der Waals surface area contributed by atoms with Crippen LogP contribution < -0.4 is 10.0 Å². The van der Waals surface area contributed by atoms with Gasteiger partial charge in [-0.05, 0) is 42.5 Å². The Bertz CT molecular complexity index is 1050. The van der Waals surface area contributed by atoms with E-state index in [4.69, 9.17) is 16.7 Å². The number of amides is 1. The first kappa shape index (κ1) is 18.6. The van der Waals surface area contributed by atoms with Gasteiger partial charge in [0.1, 0.15) is 0 Å². The molecule has 1 aromatic heterocycles. The Morgan fingerprint density at radius 1 is 1.19 bits per heavy atom. The summed E-state index contributed by atoms with van der Waals surface area (Å²) < 4.78 is 27.9. The van der Waals surface area contributed by atoms with E-state index in [9.17, 15) is 13.2 Å². The monoisotopic (exact) mass is 411 g/mol. The van der Waals surface area contributed by atoms with E-state index in [2.05, 4.69) is 15.0 Å². The third-order valence-corrected chi connectivity index (χ3v) is 6.06. The number of sulfonamides is 1. The minimum absolute atomic E-state index is 0.0743. The van der Waals surface area contributed by atoms with Gasteiger partial charge in [0.15, 0.2) is 5.13 Å². The van der Waals surface area contributed by atoms with Gasteiger partial charge in [0.25, 0.3) is 15.9 Å². The topological polar surface area (TPSA) is 108 Å². The van der Waals surface area contributed by atoms with Crippen molar-refractivity contribution in [1.82, 2.24) is 10.3 Å². The normalized spacial score (nSPS) is 11.5. The highest BCUT2D eigenvalue weighted by Gasteiger charge is 2.17. The summed E-state index contributed by atoms with van der Waals surface area (Å²) in [5, 5.41) is 12.0. The Labute approximate surface area is 158 Å². The van der Waals surface area contributed by atoms with Crippen LogP contribution in [-0.4, -0.2) is 37.6 Å². The van der Waals surface area contributed by atoms with Crippen LogP contribution in [0.1, 0.15) is 10.4 Å². The Hall–Kier alpha value is -2.20. The van der Waals surface area contributed by atoms with Gasteiger partial charge in [-0.1, -0.05) is 22.9 Å². The maximum atomic E-state index is 12.4. The second-order valence-corrected chi connectivity index (χ2v) is 8.39. The zero-order valence-electron chi connectivity index (χ0n) is 13.3. The van der Waals surface area contributed by atoms with E-state index >= 15 is 0 Å². The van der Waals surface area contributed by atoms with E-state index in [1.54, 1.807) is 18.2 Å². The number of thiazole rings is 1. The molecule has 0 bridgehead atoms. The fourth-order valence-electron chi connectivity index (χ4n) is 2.17. The molecule has 3 rings (SSSR count). The lowest BCUT2D eigenvalue weighted by molar-refractivity contribution is 0.0945. The smallest absolute Gasteiger partial charge is 0.263 e. The quantitative estimate of drug-likeness (QED) is 0.577. The number of hydrogen-bond acceptors (Lipinski definition) is 6. The van der Waals surface area contributed by atoms with Crippen molar-refractivity contribution in [2.75, 3.05) is 17.9 Å². The second kappa shape index (κ2) is 7.58. The number of aromatic nitrogens is 1. The largest absolute Gasteiger partial charge is 0.395 e. The highest BCUT2D eigenvalue weighted by atomic mass is 35.5. The minimum atomic E-state index is -3.78. The summed E-state index contributed by atoms with van der Waals surface area (Å²) in [7, 11) is -3.78. The summed E-state index contributed by atoms with van der Waals surface area (Å²) in [6.07, 6.45) is 0. The van der Waals surface area contributed by atoms with Crippen LogP contribution in [0.15, 0.2) is 47.4 Å². The summed E-state index contributed by atoms with van der Waals surface area (Å²) >= 11 is 6.90. The van der Waals surface area contributed by atoms with Crippen molar-refractivity contribution in [2.45, 2.75) is 4.90 Å². The fraction of sp³-hybridized carbons (Fsp3) is 0.125. The standard InChI is InChI=1S/C16H14ClN3O4S2/c17-11-2-4-12(5-3-11)26(23,24)20-16-19-13-6-1-10(9-14(13)25-16)15(22)18-7-8-21/h1-6,9,21H,7-8H2,(H,18,22)(H,19,20). The predicted octanol–water partition coefficient (Wildman–Crippen LogP) is 2.47. The number of fused-ring (bicyclic) bond motifs is 1. The maximum Gasteiger partial charge on any atom is 0.263 e. The number of hydrogen-bond donors (Lipinski definition) is 3. The molecule has 10 heteroatoms. The second-order valence-electron chi connectivity index (χ2n) is 5.24. The lowest BCUT2D eigenvalue weighted by Gasteiger charge is -2.04. The predicted molar refractivity (Wildman–Crippen MR) is 101 cm³/mol. The van der Waals surface area contributed by atoms with Crippen molar-refractivity contribution in [3.8, 4) is 0 Å². The van der Waals surface area contributed by atoms with Crippen molar-refractivity contribution < 1.29 is 18.3 Å². The molecular formula is C16H14ClN3O4S2. The van der Waals surface area contributed by atoms with Gasteiger partial charge in [-0.2, -0.15) is 0 Å². The molecule has 136 valence electrons. The Balaban J connectivity index is 1.85. The lowest BCUT2D eigenvalue weighted by atomic mass is 10.2. The van der Waals surface area contributed by atoms with Crippen molar-refractivity contribution in [3.05, 3.63) is 53.1 Å². The van der Waals surface area contributed by atoms with Gasteiger partial charge in [0.2, 0.25) is 0 Å². The van der Waals surface area contributed by atoms with Crippen molar-refractivity contribution in [3.63, 3.8) is 0 Å². The SMILES string of the molecule is O=C(NCCO)c1ccc2nc(NS(=O)(=O)c3ccc(Cl)cc3)sc2c1. The lowest BCUT2D eigenvalue weighted by Crippen LogP contribution is -2.26. The van der Waals surface area contributed by atoms with Gasteiger partial charge >= 0.3 is 0 Å². The van der Waals surface area contributed by atoms with Crippen molar-refractivity contribution in [2.24, 2.45) is 0 Å². The van der Waals surface area contributed by atoms with Crippen LogP contribution in [-0.2, 0) is 10.0 Å². The van der Waals surface area contributed by atoms with Crippen LogP contribution in [0.3, 0.4) is 0 Å². The molecule has 0 radical (unpaired) electrons. The van der Waals surface area contributed by atoms with Crippen LogP contribution in [0.5, 0.6) is 0 Å². The molecule has 0 fully saturated rings. The number of rotatable bonds is 6. The highest BCUT2D eigenvalue weighted by Crippen LogP contribution is 2.28.